The first-order chi connectivity index (χ1) is 8.97. The third-order valence-corrected chi connectivity index (χ3v) is 5.02. The van der Waals surface area contributed by atoms with Crippen molar-refractivity contribution in [2.24, 2.45) is 5.92 Å². The maximum absolute atomic E-state index is 10.4. The van der Waals surface area contributed by atoms with Gasteiger partial charge in [-0.3, -0.25) is 0 Å². The maximum atomic E-state index is 10.4. The summed E-state index contributed by atoms with van der Waals surface area (Å²) in [4.78, 5) is 4.70. The largest absolute Gasteiger partial charge is 0.392 e. The highest BCUT2D eigenvalue weighted by atomic mass is 32.1. The normalized spacial score (nSPS) is 20.2. The van der Waals surface area contributed by atoms with Crippen molar-refractivity contribution in [2.45, 2.75) is 77.2 Å². The average Bonchev–Trinajstić information content (AvgIpc) is 2.63. The first-order valence-corrected chi connectivity index (χ1v) is 8.48. The van der Waals surface area contributed by atoms with E-state index in [0.717, 1.165) is 17.1 Å². The zero-order chi connectivity index (χ0) is 13.9. The Kier molecular flexibility index (Phi) is 5.02. The molecule has 0 aromatic carbocycles. The zero-order valence-electron chi connectivity index (χ0n) is 12.5. The Bertz CT molecular complexity index is 386. The fourth-order valence-corrected chi connectivity index (χ4v) is 3.86. The molecular weight excluding hydrogens is 254 g/mol. The molecule has 1 heterocycles. The topological polar surface area (TPSA) is 33.1 Å². The Morgan fingerprint density at radius 2 is 1.89 bits per heavy atom. The standard InChI is InChI=1S/C16H27NOS/c1-16(2,3)14-11-19-15(17-14)10-13(18)12-8-6-4-5-7-9-12/h11-13,18H,4-10H2,1-3H3. The highest BCUT2D eigenvalue weighted by Crippen LogP contribution is 2.29. The molecule has 1 aliphatic rings. The molecule has 1 aromatic heterocycles. The molecule has 108 valence electrons. The van der Waals surface area contributed by atoms with Crippen LogP contribution in [0.3, 0.4) is 0 Å². The van der Waals surface area contributed by atoms with Crippen LogP contribution in [0.1, 0.15) is 70.0 Å². The molecule has 1 fully saturated rings. The zero-order valence-corrected chi connectivity index (χ0v) is 13.3. The van der Waals surface area contributed by atoms with Crippen molar-refractivity contribution < 1.29 is 5.11 Å². The highest BCUT2D eigenvalue weighted by molar-refractivity contribution is 7.09. The lowest BCUT2D eigenvalue weighted by Gasteiger charge is -2.20. The molecule has 0 bridgehead atoms. The van der Waals surface area contributed by atoms with Gasteiger partial charge >= 0.3 is 0 Å². The van der Waals surface area contributed by atoms with E-state index in [2.05, 4.69) is 26.2 Å². The van der Waals surface area contributed by atoms with E-state index < -0.39 is 0 Å². The number of aliphatic hydroxyl groups is 1. The molecule has 2 nitrogen and oxygen atoms in total. The number of thiazole rings is 1. The molecule has 1 aliphatic carbocycles. The summed E-state index contributed by atoms with van der Waals surface area (Å²) in [5, 5.41) is 13.7. The van der Waals surface area contributed by atoms with Crippen LogP contribution in [0.5, 0.6) is 0 Å². The minimum Gasteiger partial charge on any atom is -0.392 e. The highest BCUT2D eigenvalue weighted by Gasteiger charge is 2.23. The number of rotatable bonds is 3. The first kappa shape index (κ1) is 15.0. The quantitative estimate of drug-likeness (QED) is 0.837. The lowest BCUT2D eigenvalue weighted by Crippen LogP contribution is -2.22. The molecule has 19 heavy (non-hydrogen) atoms. The summed E-state index contributed by atoms with van der Waals surface area (Å²) in [6.07, 6.45) is 8.18. The Morgan fingerprint density at radius 1 is 1.26 bits per heavy atom. The Balaban J connectivity index is 1.94. The van der Waals surface area contributed by atoms with E-state index in [9.17, 15) is 5.11 Å². The van der Waals surface area contributed by atoms with Gasteiger partial charge < -0.3 is 5.11 Å². The van der Waals surface area contributed by atoms with Gasteiger partial charge in [-0.15, -0.1) is 11.3 Å². The van der Waals surface area contributed by atoms with Crippen molar-refractivity contribution in [3.8, 4) is 0 Å². The van der Waals surface area contributed by atoms with E-state index in [4.69, 9.17) is 4.98 Å². The minimum atomic E-state index is -0.197. The molecule has 1 N–H and O–H groups in total. The van der Waals surface area contributed by atoms with Crippen LogP contribution >= 0.6 is 11.3 Å². The molecule has 0 aliphatic heterocycles. The maximum Gasteiger partial charge on any atom is 0.0954 e. The van der Waals surface area contributed by atoms with E-state index in [0.29, 0.717) is 5.92 Å². The van der Waals surface area contributed by atoms with Crippen LogP contribution in [0.2, 0.25) is 0 Å². The summed E-state index contributed by atoms with van der Waals surface area (Å²) in [5.41, 5.74) is 1.27. The van der Waals surface area contributed by atoms with Crippen LogP contribution in [0.15, 0.2) is 5.38 Å². The van der Waals surface area contributed by atoms with E-state index in [1.165, 1.54) is 38.5 Å². The molecule has 0 saturated heterocycles. The van der Waals surface area contributed by atoms with Crippen molar-refractivity contribution in [1.29, 1.82) is 0 Å². The summed E-state index contributed by atoms with van der Waals surface area (Å²) in [7, 11) is 0. The van der Waals surface area contributed by atoms with E-state index >= 15 is 0 Å². The molecule has 0 spiro atoms. The number of aromatic nitrogens is 1. The minimum absolute atomic E-state index is 0.113. The third kappa shape index (κ3) is 4.28. The van der Waals surface area contributed by atoms with Crippen LogP contribution in [-0.4, -0.2) is 16.2 Å². The smallest absolute Gasteiger partial charge is 0.0954 e. The van der Waals surface area contributed by atoms with Crippen LogP contribution in [0.4, 0.5) is 0 Å². The fourth-order valence-electron chi connectivity index (χ4n) is 2.79. The van der Waals surface area contributed by atoms with Gasteiger partial charge in [-0.05, 0) is 18.8 Å². The SMILES string of the molecule is CC(C)(C)c1csc(CC(O)C2CCCCCC2)n1. The summed E-state index contributed by atoms with van der Waals surface area (Å²) < 4.78 is 0. The lowest BCUT2D eigenvalue weighted by atomic mass is 9.92. The van der Waals surface area contributed by atoms with Crippen LogP contribution in [0, 0.1) is 5.92 Å². The molecular formula is C16H27NOS. The second kappa shape index (κ2) is 6.36. The van der Waals surface area contributed by atoms with Crippen LogP contribution < -0.4 is 0 Å². The summed E-state index contributed by atoms with van der Waals surface area (Å²) in [6, 6.07) is 0. The monoisotopic (exact) mass is 281 g/mol. The lowest BCUT2D eigenvalue weighted by molar-refractivity contribution is 0.0985. The number of nitrogens with zero attached hydrogens (tertiary/aromatic N) is 1. The second-order valence-electron chi connectivity index (χ2n) is 6.90. The van der Waals surface area contributed by atoms with E-state index in [1.807, 2.05) is 0 Å². The van der Waals surface area contributed by atoms with Crippen molar-refractivity contribution >= 4 is 11.3 Å². The summed E-state index contributed by atoms with van der Waals surface area (Å²) in [6.45, 7) is 6.56. The molecule has 1 unspecified atom stereocenters. The van der Waals surface area contributed by atoms with E-state index in [1.54, 1.807) is 11.3 Å². The molecule has 0 radical (unpaired) electrons. The van der Waals surface area contributed by atoms with Gasteiger partial charge in [0.05, 0.1) is 16.8 Å². The van der Waals surface area contributed by atoms with Gasteiger partial charge in [-0.1, -0.05) is 46.5 Å². The fraction of sp³-hybridized carbons (Fsp3) is 0.812. The van der Waals surface area contributed by atoms with E-state index in [-0.39, 0.29) is 11.5 Å². The number of hydrogen-bond donors (Lipinski definition) is 1. The van der Waals surface area contributed by atoms with Gasteiger partial charge in [0.15, 0.2) is 0 Å². The molecule has 1 saturated carbocycles. The first-order valence-electron chi connectivity index (χ1n) is 7.60. The number of aliphatic hydroxyl groups excluding tert-OH is 1. The molecule has 1 atom stereocenters. The summed E-state index contributed by atoms with van der Waals surface area (Å²) in [5.74, 6) is 0.490. The number of hydrogen-bond acceptors (Lipinski definition) is 3. The predicted octanol–water partition coefficient (Wildman–Crippen LogP) is 4.31. The van der Waals surface area contributed by atoms with Crippen LogP contribution in [0.25, 0.3) is 0 Å². The predicted molar refractivity (Wildman–Crippen MR) is 81.7 cm³/mol. The van der Waals surface area contributed by atoms with Crippen molar-refractivity contribution in [3.63, 3.8) is 0 Å². The Hall–Kier alpha value is -0.410. The Morgan fingerprint density at radius 3 is 2.42 bits per heavy atom. The molecule has 0 amide bonds. The van der Waals surface area contributed by atoms with Gasteiger partial charge in [-0.25, -0.2) is 4.98 Å². The Labute approximate surface area is 121 Å². The van der Waals surface area contributed by atoms with Crippen LogP contribution in [-0.2, 0) is 11.8 Å². The van der Waals surface area contributed by atoms with Crippen molar-refractivity contribution in [1.82, 2.24) is 4.98 Å². The molecule has 3 heteroatoms. The van der Waals surface area contributed by atoms with Gasteiger partial charge in [0.2, 0.25) is 0 Å². The molecule has 2 rings (SSSR count). The average molecular weight is 281 g/mol. The van der Waals surface area contributed by atoms with Crippen molar-refractivity contribution in [3.05, 3.63) is 16.1 Å². The second-order valence-corrected chi connectivity index (χ2v) is 7.84. The summed E-state index contributed by atoms with van der Waals surface area (Å²) >= 11 is 1.70. The van der Waals surface area contributed by atoms with Crippen molar-refractivity contribution in [2.75, 3.05) is 0 Å². The van der Waals surface area contributed by atoms with Gasteiger partial charge in [0.25, 0.3) is 0 Å². The third-order valence-electron chi connectivity index (χ3n) is 4.15. The molecule has 1 aromatic rings. The van der Waals surface area contributed by atoms with Gasteiger partial charge in [-0.2, -0.15) is 0 Å². The van der Waals surface area contributed by atoms with Gasteiger partial charge in [0, 0.05) is 17.2 Å². The van der Waals surface area contributed by atoms with Gasteiger partial charge in [0.1, 0.15) is 0 Å².